The molecule has 0 aromatic heterocycles. The van der Waals surface area contributed by atoms with Crippen molar-refractivity contribution in [2.24, 2.45) is 0 Å². The van der Waals surface area contributed by atoms with Gasteiger partial charge in [-0.15, -0.1) is 0 Å². The number of hydrogen-bond acceptors (Lipinski definition) is 7. The van der Waals surface area contributed by atoms with Crippen LogP contribution < -0.4 is 20.3 Å². The van der Waals surface area contributed by atoms with Crippen molar-refractivity contribution in [2.45, 2.75) is 12.8 Å². The van der Waals surface area contributed by atoms with Gasteiger partial charge in [-0.05, 0) is 60.4 Å². The van der Waals surface area contributed by atoms with Gasteiger partial charge in [0.05, 0.1) is 36.6 Å². The van der Waals surface area contributed by atoms with Crippen LogP contribution in [0.15, 0.2) is 53.7 Å². The molecule has 1 amide bonds. The molecule has 5 rings (SSSR count). The Kier molecular flexibility index (Phi) is 5.47. The molecular weight excluding hydrogens is 424 g/mol. The molecule has 2 N–H and O–H groups in total. The zero-order chi connectivity index (χ0) is 22.9. The zero-order valence-corrected chi connectivity index (χ0v) is 18.2. The van der Waals surface area contributed by atoms with Crippen LogP contribution in [0.1, 0.15) is 18.4 Å². The quantitative estimate of drug-likeness (QED) is 0.539. The number of fused-ring (bicyclic) bond motifs is 1. The highest BCUT2D eigenvalue weighted by Gasteiger charge is 2.26. The standard InChI is InChI=1S/C24H24N4O5/c1-32-23-13-16(3-7-22(23)28(30)31)15-2-5-18-20(12-15)25-21-14-17(27-8-10-33-11-9-27)4-6-19(21)26-24(18)29/h3-4,6-7,12-14,25H,2,5,8-11H2,1H3,(H,26,29). The summed E-state index contributed by atoms with van der Waals surface area (Å²) in [7, 11) is 1.42. The van der Waals surface area contributed by atoms with E-state index in [0.717, 1.165) is 47.0 Å². The predicted molar refractivity (Wildman–Crippen MR) is 126 cm³/mol. The molecule has 170 valence electrons. The topological polar surface area (TPSA) is 106 Å². The molecule has 3 aliphatic rings. The number of amides is 1. The number of nitro benzene ring substituents is 1. The first-order valence-electron chi connectivity index (χ1n) is 10.8. The molecule has 1 saturated heterocycles. The maximum atomic E-state index is 12.9. The monoisotopic (exact) mass is 448 g/mol. The molecule has 2 aromatic carbocycles. The third-order valence-corrected chi connectivity index (χ3v) is 6.21. The minimum atomic E-state index is -0.460. The first-order valence-corrected chi connectivity index (χ1v) is 10.8. The van der Waals surface area contributed by atoms with E-state index in [1.165, 1.54) is 13.2 Å². The molecule has 9 heteroatoms. The van der Waals surface area contributed by atoms with Crippen LogP contribution in [0.3, 0.4) is 0 Å². The normalized spacial score (nSPS) is 17.8. The van der Waals surface area contributed by atoms with E-state index in [1.54, 1.807) is 12.1 Å². The lowest BCUT2D eigenvalue weighted by Gasteiger charge is -2.29. The number of anilines is 3. The molecule has 0 spiro atoms. The molecule has 33 heavy (non-hydrogen) atoms. The van der Waals surface area contributed by atoms with Crippen LogP contribution in [0, 0.1) is 10.1 Å². The summed E-state index contributed by atoms with van der Waals surface area (Å²) < 4.78 is 10.7. The number of hydrogen-bond donors (Lipinski definition) is 2. The lowest BCUT2D eigenvalue weighted by Crippen LogP contribution is -2.36. The van der Waals surface area contributed by atoms with E-state index < -0.39 is 4.92 Å². The zero-order valence-electron chi connectivity index (χ0n) is 18.2. The van der Waals surface area contributed by atoms with Crippen molar-refractivity contribution in [1.82, 2.24) is 0 Å². The second kappa shape index (κ2) is 8.59. The van der Waals surface area contributed by atoms with Gasteiger partial charge in [0.2, 0.25) is 0 Å². The smallest absolute Gasteiger partial charge is 0.310 e. The fraction of sp³-hybridized carbons (Fsp3) is 0.292. The van der Waals surface area contributed by atoms with Gasteiger partial charge >= 0.3 is 5.69 Å². The number of nitrogens with one attached hydrogen (secondary N) is 2. The van der Waals surface area contributed by atoms with Gasteiger partial charge in [0.15, 0.2) is 5.75 Å². The van der Waals surface area contributed by atoms with E-state index in [2.05, 4.69) is 15.5 Å². The molecule has 2 aromatic rings. The Bertz CT molecular complexity index is 1200. The van der Waals surface area contributed by atoms with E-state index in [9.17, 15) is 14.9 Å². The van der Waals surface area contributed by atoms with Gasteiger partial charge in [-0.25, -0.2) is 0 Å². The summed E-state index contributed by atoms with van der Waals surface area (Å²) in [6.45, 7) is 3.04. The van der Waals surface area contributed by atoms with Crippen LogP contribution in [0.5, 0.6) is 5.75 Å². The fourth-order valence-corrected chi connectivity index (χ4v) is 4.44. The Morgan fingerprint density at radius 3 is 2.64 bits per heavy atom. The van der Waals surface area contributed by atoms with Gasteiger partial charge in [-0.3, -0.25) is 14.9 Å². The number of nitro groups is 1. The number of ether oxygens (including phenoxy) is 2. The minimum absolute atomic E-state index is 0.0749. The van der Waals surface area contributed by atoms with Crippen molar-refractivity contribution < 1.29 is 19.2 Å². The van der Waals surface area contributed by atoms with Crippen LogP contribution in [0.4, 0.5) is 22.7 Å². The van der Waals surface area contributed by atoms with Crippen LogP contribution in [0.2, 0.25) is 0 Å². The summed E-state index contributed by atoms with van der Waals surface area (Å²) in [5.41, 5.74) is 5.81. The number of benzene rings is 2. The number of carbonyl (C=O) groups excluding carboxylic acids is 1. The fourth-order valence-electron chi connectivity index (χ4n) is 4.44. The van der Waals surface area contributed by atoms with Gasteiger partial charge in [-0.1, -0.05) is 0 Å². The molecular formula is C24H24N4O5. The Balaban J connectivity index is 1.48. The Labute approximate surface area is 190 Å². The van der Waals surface area contributed by atoms with E-state index >= 15 is 0 Å². The van der Waals surface area contributed by atoms with Gasteiger partial charge < -0.3 is 25.0 Å². The lowest BCUT2D eigenvalue weighted by atomic mass is 9.90. The van der Waals surface area contributed by atoms with Crippen molar-refractivity contribution in [3.8, 4) is 5.75 Å². The van der Waals surface area contributed by atoms with E-state index in [0.29, 0.717) is 31.6 Å². The van der Waals surface area contributed by atoms with E-state index in [1.807, 2.05) is 24.3 Å². The summed E-state index contributed by atoms with van der Waals surface area (Å²) in [6, 6.07) is 10.8. The minimum Gasteiger partial charge on any atom is -0.490 e. The maximum Gasteiger partial charge on any atom is 0.310 e. The van der Waals surface area contributed by atoms with E-state index in [4.69, 9.17) is 9.47 Å². The maximum absolute atomic E-state index is 12.9. The number of morpholine rings is 1. The first kappa shape index (κ1) is 21.0. The van der Waals surface area contributed by atoms with Gasteiger partial charge in [-0.2, -0.15) is 0 Å². The molecule has 1 aliphatic carbocycles. The van der Waals surface area contributed by atoms with Gasteiger partial charge in [0.1, 0.15) is 0 Å². The van der Waals surface area contributed by atoms with Crippen LogP contribution in [-0.2, 0) is 9.53 Å². The van der Waals surface area contributed by atoms with Crippen LogP contribution >= 0.6 is 0 Å². The molecule has 9 nitrogen and oxygen atoms in total. The van der Waals surface area contributed by atoms with Crippen LogP contribution in [-0.4, -0.2) is 44.2 Å². The Hall–Kier alpha value is -3.85. The van der Waals surface area contributed by atoms with Crippen molar-refractivity contribution in [3.05, 3.63) is 69.4 Å². The highest BCUT2D eigenvalue weighted by Crippen LogP contribution is 2.39. The molecule has 2 aliphatic heterocycles. The largest absolute Gasteiger partial charge is 0.490 e. The summed E-state index contributed by atoms with van der Waals surface area (Å²) in [6.07, 6.45) is 3.16. The molecule has 0 radical (unpaired) electrons. The van der Waals surface area contributed by atoms with Gasteiger partial charge in [0, 0.05) is 36.1 Å². The highest BCUT2D eigenvalue weighted by atomic mass is 16.6. The summed E-state index contributed by atoms with van der Waals surface area (Å²) in [4.78, 5) is 25.9. The van der Waals surface area contributed by atoms with Crippen molar-refractivity contribution >= 4 is 34.2 Å². The number of rotatable bonds is 4. The summed E-state index contributed by atoms with van der Waals surface area (Å²) >= 11 is 0. The highest BCUT2D eigenvalue weighted by molar-refractivity contribution is 6.09. The molecule has 0 bridgehead atoms. The number of allylic oxidation sites excluding steroid dienone is 2. The first-order chi connectivity index (χ1) is 16.0. The summed E-state index contributed by atoms with van der Waals surface area (Å²) in [5.74, 6) is 0.0946. The SMILES string of the molecule is COc1cc(C2=CC3=C(CC2)C(=O)Nc2ccc(N4CCOCC4)cc2N3)ccc1[N+](=O)[O-]. The van der Waals surface area contributed by atoms with E-state index in [-0.39, 0.29) is 17.3 Å². The molecule has 2 heterocycles. The Morgan fingerprint density at radius 2 is 1.88 bits per heavy atom. The molecule has 0 unspecified atom stereocenters. The third-order valence-electron chi connectivity index (χ3n) is 6.21. The average Bonchev–Trinajstić information content (AvgIpc) is 2.98. The number of carbonyl (C=O) groups is 1. The van der Waals surface area contributed by atoms with Crippen molar-refractivity contribution in [2.75, 3.05) is 48.9 Å². The predicted octanol–water partition coefficient (Wildman–Crippen LogP) is 3.94. The molecule has 0 atom stereocenters. The lowest BCUT2D eigenvalue weighted by molar-refractivity contribution is -0.385. The second-order valence-electron chi connectivity index (χ2n) is 8.11. The second-order valence-corrected chi connectivity index (χ2v) is 8.11. The Morgan fingerprint density at radius 1 is 1.06 bits per heavy atom. The number of nitrogens with zero attached hydrogens (tertiary/aromatic N) is 2. The average molecular weight is 448 g/mol. The van der Waals surface area contributed by atoms with Crippen molar-refractivity contribution in [3.63, 3.8) is 0 Å². The number of methoxy groups -OCH3 is 1. The third kappa shape index (κ3) is 4.03. The summed E-state index contributed by atoms with van der Waals surface area (Å²) in [5, 5.41) is 17.7. The molecule has 0 saturated carbocycles. The molecule has 1 fully saturated rings. The van der Waals surface area contributed by atoms with Crippen LogP contribution in [0.25, 0.3) is 5.57 Å². The van der Waals surface area contributed by atoms with Gasteiger partial charge in [0.25, 0.3) is 5.91 Å². The van der Waals surface area contributed by atoms with Crippen molar-refractivity contribution in [1.29, 1.82) is 0 Å².